The largest absolute Gasteiger partial charge is 0.497 e. The Morgan fingerprint density at radius 2 is 1.85 bits per heavy atom. The zero-order valence-electron chi connectivity index (χ0n) is 19.1. The van der Waals surface area contributed by atoms with Crippen molar-refractivity contribution in [3.63, 3.8) is 0 Å². The second-order valence-corrected chi connectivity index (χ2v) is 9.94. The minimum atomic E-state index is -3.78. The van der Waals surface area contributed by atoms with E-state index < -0.39 is 16.1 Å². The van der Waals surface area contributed by atoms with Gasteiger partial charge in [-0.2, -0.15) is 4.31 Å². The fourth-order valence-corrected chi connectivity index (χ4v) is 5.29. The van der Waals surface area contributed by atoms with E-state index in [-0.39, 0.29) is 42.9 Å². The van der Waals surface area contributed by atoms with Crippen LogP contribution in [0.5, 0.6) is 11.5 Å². The first-order chi connectivity index (χ1) is 16.3. The van der Waals surface area contributed by atoms with Crippen LogP contribution in [0.25, 0.3) is 6.08 Å². The Morgan fingerprint density at radius 1 is 1.15 bits per heavy atom. The van der Waals surface area contributed by atoms with Crippen LogP contribution in [0, 0.1) is 0 Å². The van der Waals surface area contributed by atoms with Gasteiger partial charge >= 0.3 is 0 Å². The summed E-state index contributed by atoms with van der Waals surface area (Å²) in [5.41, 5.74) is 1.21. The van der Waals surface area contributed by atoms with Gasteiger partial charge in [0.2, 0.25) is 15.9 Å². The summed E-state index contributed by atoms with van der Waals surface area (Å²) in [7, 11) is -2.19. The molecule has 180 valence electrons. The molecule has 0 bridgehead atoms. The van der Waals surface area contributed by atoms with Crippen LogP contribution in [0.2, 0.25) is 0 Å². The lowest BCUT2D eigenvalue weighted by Crippen LogP contribution is -2.50. The quantitative estimate of drug-likeness (QED) is 0.630. The standard InChI is InChI=1S/C24H27N3O6S/c1-3-21-24(29)25-20-16-19(9-10-22(20)33-21)34(30,31)27-14-12-26(13-15-27)23(28)11-6-17-4-7-18(32-2)8-5-17/h4-11,16,21H,3,12-15H2,1-2H3,(H,25,29)/b11-6+. The van der Waals surface area contributed by atoms with Crippen molar-refractivity contribution in [1.29, 1.82) is 0 Å². The monoisotopic (exact) mass is 485 g/mol. The van der Waals surface area contributed by atoms with Gasteiger partial charge in [0.1, 0.15) is 11.5 Å². The minimum Gasteiger partial charge on any atom is -0.497 e. The maximum Gasteiger partial charge on any atom is 0.265 e. The normalized spacial score (nSPS) is 18.8. The highest BCUT2D eigenvalue weighted by molar-refractivity contribution is 7.89. The van der Waals surface area contributed by atoms with Gasteiger partial charge in [-0.05, 0) is 48.4 Å². The van der Waals surface area contributed by atoms with Crippen molar-refractivity contribution in [2.45, 2.75) is 24.3 Å². The number of hydrogen-bond acceptors (Lipinski definition) is 6. The van der Waals surface area contributed by atoms with Gasteiger partial charge in [0, 0.05) is 32.3 Å². The molecule has 2 aliphatic heterocycles. The molecule has 1 atom stereocenters. The third-order valence-corrected chi connectivity index (χ3v) is 7.76. The van der Waals surface area contributed by atoms with E-state index in [1.54, 1.807) is 24.2 Å². The summed E-state index contributed by atoms with van der Waals surface area (Å²) in [4.78, 5) is 26.3. The Hall–Kier alpha value is -3.37. The van der Waals surface area contributed by atoms with Crippen molar-refractivity contribution in [3.05, 3.63) is 54.1 Å². The molecule has 2 amide bonds. The van der Waals surface area contributed by atoms with Crippen molar-refractivity contribution in [3.8, 4) is 11.5 Å². The van der Waals surface area contributed by atoms with Gasteiger partial charge in [0.15, 0.2) is 6.10 Å². The molecule has 2 aromatic carbocycles. The lowest BCUT2D eigenvalue weighted by molar-refractivity contribution is -0.127. The van der Waals surface area contributed by atoms with Gasteiger partial charge in [-0.1, -0.05) is 19.1 Å². The van der Waals surface area contributed by atoms with Gasteiger partial charge < -0.3 is 19.7 Å². The number of carbonyl (C=O) groups is 2. The Morgan fingerprint density at radius 3 is 2.50 bits per heavy atom. The van der Waals surface area contributed by atoms with Crippen molar-refractivity contribution in [1.82, 2.24) is 9.21 Å². The molecule has 10 heteroatoms. The summed E-state index contributed by atoms with van der Waals surface area (Å²) < 4.78 is 38.4. The number of ether oxygens (including phenoxy) is 2. The number of amides is 2. The summed E-state index contributed by atoms with van der Waals surface area (Å²) in [6, 6.07) is 11.8. The van der Waals surface area contributed by atoms with Gasteiger partial charge in [0.25, 0.3) is 5.91 Å². The third kappa shape index (κ3) is 4.92. The van der Waals surface area contributed by atoms with Crippen LogP contribution >= 0.6 is 0 Å². The first kappa shape index (κ1) is 23.8. The zero-order chi connectivity index (χ0) is 24.3. The first-order valence-corrected chi connectivity index (χ1v) is 12.5. The molecule has 0 aromatic heterocycles. The predicted molar refractivity (Wildman–Crippen MR) is 127 cm³/mol. The van der Waals surface area contributed by atoms with Gasteiger partial charge in [-0.3, -0.25) is 9.59 Å². The maximum absolute atomic E-state index is 13.2. The third-order valence-electron chi connectivity index (χ3n) is 5.86. The van der Waals surface area contributed by atoms with Crippen molar-refractivity contribution >= 4 is 33.6 Å². The second-order valence-electron chi connectivity index (χ2n) is 8.00. The summed E-state index contributed by atoms with van der Waals surface area (Å²) in [5, 5.41) is 2.72. The molecule has 0 saturated carbocycles. The van der Waals surface area contributed by atoms with E-state index >= 15 is 0 Å². The average molecular weight is 486 g/mol. The number of nitrogens with one attached hydrogen (secondary N) is 1. The van der Waals surface area contributed by atoms with Crippen molar-refractivity contribution in [2.24, 2.45) is 0 Å². The molecule has 9 nitrogen and oxygen atoms in total. The Kier molecular flexibility index (Phi) is 6.90. The molecule has 1 N–H and O–H groups in total. The number of sulfonamides is 1. The van der Waals surface area contributed by atoms with E-state index in [1.807, 2.05) is 31.2 Å². The van der Waals surface area contributed by atoms with E-state index in [0.29, 0.717) is 17.9 Å². The maximum atomic E-state index is 13.2. The molecule has 2 aliphatic rings. The van der Waals surface area contributed by atoms with E-state index in [4.69, 9.17) is 9.47 Å². The molecular weight excluding hydrogens is 458 g/mol. The molecular formula is C24H27N3O6S. The fourth-order valence-electron chi connectivity index (χ4n) is 3.84. The number of benzene rings is 2. The highest BCUT2D eigenvalue weighted by atomic mass is 32.2. The molecule has 2 aromatic rings. The van der Waals surface area contributed by atoms with Crippen LogP contribution < -0.4 is 14.8 Å². The average Bonchev–Trinajstić information content (AvgIpc) is 2.86. The number of fused-ring (bicyclic) bond motifs is 1. The van der Waals surface area contributed by atoms with Crippen molar-refractivity contribution in [2.75, 3.05) is 38.6 Å². The predicted octanol–water partition coefficient (Wildman–Crippen LogP) is 2.35. The second kappa shape index (κ2) is 9.86. The molecule has 1 saturated heterocycles. The number of piperazine rings is 1. The molecule has 0 aliphatic carbocycles. The van der Waals surface area contributed by atoms with E-state index in [1.165, 1.54) is 22.5 Å². The van der Waals surface area contributed by atoms with Crippen LogP contribution in [-0.2, 0) is 19.6 Å². The molecule has 1 fully saturated rings. The number of rotatable bonds is 6. The zero-order valence-corrected chi connectivity index (χ0v) is 19.9. The highest BCUT2D eigenvalue weighted by Gasteiger charge is 2.32. The Labute approximate surface area is 199 Å². The van der Waals surface area contributed by atoms with Gasteiger partial charge in [-0.25, -0.2) is 8.42 Å². The van der Waals surface area contributed by atoms with Crippen LogP contribution in [0.3, 0.4) is 0 Å². The molecule has 0 radical (unpaired) electrons. The molecule has 4 rings (SSSR count). The molecule has 34 heavy (non-hydrogen) atoms. The molecule has 2 heterocycles. The fraction of sp³-hybridized carbons (Fsp3) is 0.333. The number of carbonyl (C=O) groups excluding carboxylic acids is 2. The lowest BCUT2D eigenvalue weighted by atomic mass is 10.2. The van der Waals surface area contributed by atoms with Crippen LogP contribution in [0.4, 0.5) is 5.69 Å². The Balaban J connectivity index is 1.38. The smallest absolute Gasteiger partial charge is 0.265 e. The van der Waals surface area contributed by atoms with Crippen molar-refractivity contribution < 1.29 is 27.5 Å². The summed E-state index contributed by atoms with van der Waals surface area (Å²) in [5.74, 6) is 0.718. The number of anilines is 1. The van der Waals surface area contributed by atoms with Crippen LogP contribution in [0.1, 0.15) is 18.9 Å². The van der Waals surface area contributed by atoms with E-state index in [2.05, 4.69) is 5.32 Å². The summed E-state index contributed by atoms with van der Waals surface area (Å²) in [6.07, 6.45) is 3.14. The summed E-state index contributed by atoms with van der Waals surface area (Å²) >= 11 is 0. The number of methoxy groups -OCH3 is 1. The first-order valence-electron chi connectivity index (χ1n) is 11.0. The lowest BCUT2D eigenvalue weighted by Gasteiger charge is -2.33. The highest BCUT2D eigenvalue weighted by Crippen LogP contribution is 2.33. The van der Waals surface area contributed by atoms with Gasteiger partial charge in [0.05, 0.1) is 17.7 Å². The molecule has 0 spiro atoms. The van der Waals surface area contributed by atoms with E-state index in [9.17, 15) is 18.0 Å². The Bertz CT molecular complexity index is 1200. The molecule has 1 unspecified atom stereocenters. The van der Waals surface area contributed by atoms with Crippen LogP contribution in [-0.4, -0.2) is 68.8 Å². The number of nitrogens with zero attached hydrogens (tertiary/aromatic N) is 2. The summed E-state index contributed by atoms with van der Waals surface area (Å²) in [6.45, 7) is 2.78. The SMILES string of the molecule is CCC1Oc2ccc(S(=O)(=O)N3CCN(C(=O)/C=C/c4ccc(OC)cc4)CC3)cc2NC1=O. The minimum absolute atomic E-state index is 0.0734. The van der Waals surface area contributed by atoms with E-state index in [0.717, 1.165) is 11.3 Å². The van der Waals surface area contributed by atoms with Crippen LogP contribution in [0.15, 0.2) is 53.4 Å². The van der Waals surface area contributed by atoms with Gasteiger partial charge in [-0.15, -0.1) is 0 Å². The topological polar surface area (TPSA) is 105 Å². The number of hydrogen-bond donors (Lipinski definition) is 1.